The second kappa shape index (κ2) is 6.89. The minimum Gasteiger partial charge on any atom is -0.354 e. The summed E-state index contributed by atoms with van der Waals surface area (Å²) in [5.41, 5.74) is 2.53. The van der Waals surface area contributed by atoms with Gasteiger partial charge in [-0.1, -0.05) is 73.8 Å². The van der Waals surface area contributed by atoms with Crippen LogP contribution in [-0.4, -0.2) is 33.8 Å². The molecule has 0 spiro atoms. The summed E-state index contributed by atoms with van der Waals surface area (Å²) in [6.07, 6.45) is 4.10. The van der Waals surface area contributed by atoms with Crippen LogP contribution in [0.1, 0.15) is 41.5 Å². The third-order valence-corrected chi connectivity index (χ3v) is 9.95. The summed E-state index contributed by atoms with van der Waals surface area (Å²) >= 11 is 0. The van der Waals surface area contributed by atoms with Crippen molar-refractivity contribution in [3.63, 3.8) is 0 Å². The highest BCUT2D eigenvalue weighted by molar-refractivity contribution is 6.70. The van der Waals surface area contributed by atoms with Gasteiger partial charge >= 0.3 is 0 Å². The van der Waals surface area contributed by atoms with Crippen LogP contribution in [0.25, 0.3) is 0 Å². The Kier molecular flexibility index (Phi) is 6.02. The summed E-state index contributed by atoms with van der Waals surface area (Å²) in [5, 5.41) is 4.85. The van der Waals surface area contributed by atoms with Gasteiger partial charge in [-0.25, -0.2) is 0 Å². The van der Waals surface area contributed by atoms with Crippen molar-refractivity contribution in [2.75, 3.05) is 0 Å². The number of Topliss-reactive ketones (excluding diaryl/α,β-unsaturated/α-hetero) is 1. The van der Waals surface area contributed by atoms with Gasteiger partial charge in [-0.3, -0.25) is 4.79 Å². The molecule has 0 amide bonds. The molecule has 130 valence electrons. The molecule has 5 heteroatoms. The fraction of sp³-hybridized carbons (Fsp3) is 0.667. The van der Waals surface area contributed by atoms with E-state index in [4.69, 9.17) is 5.10 Å². The average molecular weight is 351 g/mol. The lowest BCUT2D eigenvalue weighted by molar-refractivity contribution is -0.110. The van der Waals surface area contributed by atoms with Crippen molar-refractivity contribution in [1.29, 1.82) is 0 Å². The number of hydrogen-bond donors (Lipinski definition) is 0. The summed E-state index contributed by atoms with van der Waals surface area (Å²) in [4.78, 5) is 13.0. The van der Waals surface area contributed by atoms with Crippen molar-refractivity contribution in [3.05, 3.63) is 23.3 Å². The monoisotopic (exact) mass is 350 g/mol. The standard InChI is InChI=1S/C18H34N2OSi2/c1-17(2,3)13-11-14(18(4,5)6)16(21)15(12-13)19-20(22(7)8)23(9)10/h11-12,22-23H,1-10H3. The lowest BCUT2D eigenvalue weighted by atomic mass is 9.74. The molecule has 3 nitrogen and oxygen atoms in total. The van der Waals surface area contributed by atoms with Gasteiger partial charge in [0.15, 0.2) is 0 Å². The quantitative estimate of drug-likeness (QED) is 0.435. The SMILES string of the molecule is C[SiH](C)N(N=C1C=C(C(C)(C)C)C=C(C(C)(C)C)C1=O)[SiH](C)C. The number of rotatable bonds is 3. The van der Waals surface area contributed by atoms with Crippen molar-refractivity contribution in [3.8, 4) is 0 Å². The first kappa shape index (κ1) is 20.1. The minimum atomic E-state index is -1.06. The van der Waals surface area contributed by atoms with E-state index in [1.807, 2.05) is 6.08 Å². The molecule has 0 bridgehead atoms. The van der Waals surface area contributed by atoms with Gasteiger partial charge in [0, 0.05) is 5.57 Å². The topological polar surface area (TPSA) is 32.7 Å². The van der Waals surface area contributed by atoms with Crippen molar-refractivity contribution >= 4 is 29.4 Å². The largest absolute Gasteiger partial charge is 0.354 e. The summed E-state index contributed by atoms with van der Waals surface area (Å²) in [7, 11) is -2.12. The van der Waals surface area contributed by atoms with Crippen LogP contribution in [0.15, 0.2) is 28.4 Å². The van der Waals surface area contributed by atoms with E-state index in [1.165, 1.54) is 5.57 Å². The number of ketones is 1. The van der Waals surface area contributed by atoms with E-state index >= 15 is 0 Å². The first-order valence-corrected chi connectivity index (χ1v) is 14.3. The molecule has 0 aromatic rings. The Balaban J connectivity index is 3.46. The molecule has 0 atom stereocenters. The van der Waals surface area contributed by atoms with E-state index in [0.29, 0.717) is 5.71 Å². The van der Waals surface area contributed by atoms with Gasteiger partial charge in [0.05, 0.1) is 0 Å². The molecule has 1 rings (SSSR count). The van der Waals surface area contributed by atoms with Gasteiger partial charge < -0.3 is 4.34 Å². The Morgan fingerprint density at radius 1 is 0.870 bits per heavy atom. The Hall–Kier alpha value is -0.946. The normalized spacial score (nSPS) is 18.6. The van der Waals surface area contributed by atoms with Gasteiger partial charge in [0.1, 0.15) is 23.6 Å². The Morgan fingerprint density at radius 2 is 1.35 bits per heavy atom. The van der Waals surface area contributed by atoms with Crippen molar-refractivity contribution in [1.82, 2.24) is 4.34 Å². The Bertz CT molecular complexity index is 551. The van der Waals surface area contributed by atoms with E-state index in [2.05, 4.69) is 78.1 Å². The second-order valence-corrected chi connectivity index (χ2v) is 15.1. The maximum Gasteiger partial charge on any atom is 0.209 e. The number of hydrogen-bond acceptors (Lipinski definition) is 3. The van der Waals surface area contributed by atoms with Crippen LogP contribution in [0.5, 0.6) is 0 Å². The Labute approximate surface area is 145 Å². The second-order valence-electron chi connectivity index (χ2n) is 9.04. The summed E-state index contributed by atoms with van der Waals surface area (Å²) in [5.74, 6) is 0.0970. The molecule has 23 heavy (non-hydrogen) atoms. The number of allylic oxidation sites excluding steroid dienone is 4. The van der Waals surface area contributed by atoms with Crippen LogP contribution in [0.2, 0.25) is 26.2 Å². The van der Waals surface area contributed by atoms with Crippen LogP contribution < -0.4 is 0 Å². The maximum atomic E-state index is 13.0. The number of carbonyl (C=O) groups excluding carboxylic acids is 1. The van der Waals surface area contributed by atoms with Crippen molar-refractivity contribution in [2.24, 2.45) is 15.9 Å². The maximum absolute atomic E-state index is 13.0. The summed E-state index contributed by atoms with van der Waals surface area (Å²) in [6.45, 7) is 22.0. The predicted octanol–water partition coefficient (Wildman–Crippen LogP) is 4.14. The summed E-state index contributed by atoms with van der Waals surface area (Å²) < 4.78 is 2.29. The lowest BCUT2D eigenvalue weighted by Gasteiger charge is -2.32. The zero-order valence-corrected chi connectivity index (χ0v) is 18.9. The van der Waals surface area contributed by atoms with Crippen LogP contribution in [-0.2, 0) is 4.79 Å². The molecule has 0 unspecified atom stereocenters. The van der Waals surface area contributed by atoms with Gasteiger partial charge in [0.2, 0.25) is 5.78 Å². The first-order valence-electron chi connectivity index (χ1n) is 8.61. The van der Waals surface area contributed by atoms with Gasteiger partial charge in [0.25, 0.3) is 0 Å². The molecule has 0 radical (unpaired) electrons. The molecular formula is C18H34N2OSi2. The fourth-order valence-electron chi connectivity index (χ4n) is 2.63. The number of carbonyl (C=O) groups is 1. The highest BCUT2D eigenvalue weighted by Gasteiger charge is 2.33. The van der Waals surface area contributed by atoms with Crippen LogP contribution in [0.4, 0.5) is 0 Å². The zero-order valence-electron chi connectivity index (χ0n) is 16.6. The molecule has 0 N–H and O–H groups in total. The third kappa shape index (κ3) is 5.01. The van der Waals surface area contributed by atoms with E-state index in [1.54, 1.807) is 0 Å². The molecule has 1 aliphatic carbocycles. The summed E-state index contributed by atoms with van der Waals surface area (Å²) in [6, 6.07) is 0. The predicted molar refractivity (Wildman–Crippen MR) is 107 cm³/mol. The molecule has 0 aromatic carbocycles. The zero-order chi connectivity index (χ0) is 18.2. The number of hydrazone groups is 1. The van der Waals surface area contributed by atoms with Crippen LogP contribution in [0, 0.1) is 10.8 Å². The van der Waals surface area contributed by atoms with Gasteiger partial charge in [-0.05, 0) is 22.5 Å². The van der Waals surface area contributed by atoms with E-state index < -0.39 is 17.9 Å². The van der Waals surface area contributed by atoms with Gasteiger partial charge in [-0.15, -0.1) is 0 Å². The highest BCUT2D eigenvalue weighted by atomic mass is 28.3. The fourth-order valence-corrected chi connectivity index (χ4v) is 8.11. The molecule has 0 saturated carbocycles. The minimum absolute atomic E-state index is 0.00726. The van der Waals surface area contributed by atoms with Crippen molar-refractivity contribution < 1.29 is 4.79 Å². The van der Waals surface area contributed by atoms with Crippen LogP contribution >= 0.6 is 0 Å². The van der Waals surface area contributed by atoms with E-state index in [-0.39, 0.29) is 16.6 Å². The third-order valence-electron chi connectivity index (χ3n) is 4.02. The van der Waals surface area contributed by atoms with E-state index in [9.17, 15) is 4.79 Å². The Morgan fingerprint density at radius 3 is 1.70 bits per heavy atom. The number of nitrogens with zero attached hydrogens (tertiary/aromatic N) is 2. The van der Waals surface area contributed by atoms with Crippen molar-refractivity contribution in [2.45, 2.75) is 67.7 Å². The van der Waals surface area contributed by atoms with Crippen LogP contribution in [0.3, 0.4) is 0 Å². The lowest BCUT2D eigenvalue weighted by Crippen LogP contribution is -2.41. The molecule has 0 saturated heterocycles. The molecule has 0 aliphatic heterocycles. The smallest absolute Gasteiger partial charge is 0.209 e. The molecule has 0 aromatic heterocycles. The van der Waals surface area contributed by atoms with Gasteiger partial charge in [-0.2, -0.15) is 5.10 Å². The molecule has 1 aliphatic rings. The highest BCUT2D eigenvalue weighted by Crippen LogP contribution is 2.36. The van der Waals surface area contributed by atoms with E-state index in [0.717, 1.165) is 5.57 Å². The molecule has 0 fully saturated rings. The molecular weight excluding hydrogens is 316 g/mol. The molecule has 0 heterocycles. The first-order chi connectivity index (χ1) is 10.2. The average Bonchev–Trinajstić information content (AvgIpc) is 2.33.